The average Bonchev–Trinajstić information content (AvgIpc) is 2.63. The van der Waals surface area contributed by atoms with Gasteiger partial charge in [0.2, 0.25) is 0 Å². The summed E-state index contributed by atoms with van der Waals surface area (Å²) in [5.74, 6) is -0.199. The minimum atomic E-state index is -3.14. The molecule has 8 heteroatoms. The highest BCUT2D eigenvalue weighted by Gasteiger charge is 2.37. The van der Waals surface area contributed by atoms with Gasteiger partial charge in [-0.3, -0.25) is 4.90 Å². The van der Waals surface area contributed by atoms with E-state index in [9.17, 15) is 13.2 Å². The predicted molar refractivity (Wildman–Crippen MR) is 76.9 cm³/mol. The van der Waals surface area contributed by atoms with Gasteiger partial charge in [0.25, 0.3) is 0 Å². The maximum absolute atomic E-state index is 11.6. The summed E-state index contributed by atoms with van der Waals surface area (Å²) < 4.78 is 27.8. The van der Waals surface area contributed by atoms with Crippen molar-refractivity contribution in [3.05, 3.63) is 0 Å². The highest BCUT2D eigenvalue weighted by Crippen LogP contribution is 2.18. The molecule has 2 heterocycles. The molecule has 1 amide bonds. The normalized spacial score (nSPS) is 30.1. The minimum Gasteiger partial charge on any atom is -0.448 e. The molecule has 0 aromatic heterocycles. The van der Waals surface area contributed by atoms with Crippen LogP contribution in [-0.4, -0.2) is 68.6 Å². The van der Waals surface area contributed by atoms with E-state index in [-0.39, 0.29) is 11.5 Å². The van der Waals surface area contributed by atoms with Gasteiger partial charge in [0.05, 0.1) is 22.9 Å². The van der Waals surface area contributed by atoms with Crippen LogP contribution in [0, 0.1) is 0 Å². The van der Waals surface area contributed by atoms with Gasteiger partial charge < -0.3 is 10.1 Å². The molecule has 0 spiro atoms. The molecular formula is C12H21ClN2O4S. The lowest BCUT2D eigenvalue weighted by atomic mass is 10.1. The van der Waals surface area contributed by atoms with Gasteiger partial charge in [-0.25, -0.2) is 13.2 Å². The Balaban J connectivity index is 1.65. The van der Waals surface area contributed by atoms with Crippen molar-refractivity contribution in [1.82, 2.24) is 10.2 Å². The van der Waals surface area contributed by atoms with E-state index in [4.69, 9.17) is 16.3 Å². The Hall–Kier alpha value is -0.530. The molecule has 6 nitrogen and oxygen atoms in total. The molecule has 0 aromatic rings. The van der Waals surface area contributed by atoms with Crippen LogP contribution in [0.1, 0.15) is 19.3 Å². The van der Waals surface area contributed by atoms with Crippen molar-refractivity contribution in [1.29, 1.82) is 0 Å². The van der Waals surface area contributed by atoms with Crippen LogP contribution < -0.4 is 5.32 Å². The van der Waals surface area contributed by atoms with Crippen LogP contribution in [0.3, 0.4) is 0 Å². The van der Waals surface area contributed by atoms with Crippen molar-refractivity contribution in [2.75, 3.05) is 37.7 Å². The summed E-state index contributed by atoms with van der Waals surface area (Å²) in [7, 11) is -3.14. The topological polar surface area (TPSA) is 75.7 Å². The van der Waals surface area contributed by atoms with E-state index in [1.165, 1.54) is 19.3 Å². The van der Waals surface area contributed by atoms with Crippen LogP contribution in [-0.2, 0) is 14.6 Å². The van der Waals surface area contributed by atoms with E-state index in [0.29, 0.717) is 6.61 Å². The zero-order chi connectivity index (χ0) is 14.6. The Morgan fingerprint density at radius 3 is 2.55 bits per heavy atom. The molecule has 2 aliphatic heterocycles. The zero-order valence-electron chi connectivity index (χ0n) is 11.4. The summed E-state index contributed by atoms with van der Waals surface area (Å²) in [6, 6.07) is -0.552. The second-order valence-electron chi connectivity index (χ2n) is 5.38. The molecule has 0 unspecified atom stereocenters. The smallest absolute Gasteiger partial charge is 0.407 e. The maximum Gasteiger partial charge on any atom is 0.407 e. The number of carbonyl (C=O) groups is 1. The lowest BCUT2D eigenvalue weighted by Gasteiger charge is -2.26. The second-order valence-corrected chi connectivity index (χ2v) is 8.10. The number of alkyl halides is 1. The number of hydrogen-bond acceptors (Lipinski definition) is 5. The Morgan fingerprint density at radius 1 is 1.25 bits per heavy atom. The molecule has 2 fully saturated rings. The Labute approximate surface area is 124 Å². The molecule has 1 N–H and O–H groups in total. The lowest BCUT2D eigenvalue weighted by molar-refractivity contribution is 0.118. The highest BCUT2D eigenvalue weighted by molar-refractivity contribution is 7.91. The van der Waals surface area contributed by atoms with Gasteiger partial charge in [0.15, 0.2) is 9.84 Å². The molecule has 0 aromatic carbocycles. The third-order valence-corrected chi connectivity index (χ3v) is 6.05. The van der Waals surface area contributed by atoms with Gasteiger partial charge in [-0.05, 0) is 25.9 Å². The number of piperidine rings is 1. The van der Waals surface area contributed by atoms with Gasteiger partial charge in [-0.2, -0.15) is 0 Å². The van der Waals surface area contributed by atoms with E-state index < -0.39 is 27.3 Å². The number of carbonyl (C=O) groups excluding carboxylic acids is 1. The van der Waals surface area contributed by atoms with Gasteiger partial charge in [0.1, 0.15) is 6.61 Å². The number of rotatable bonds is 4. The van der Waals surface area contributed by atoms with Crippen molar-refractivity contribution in [2.24, 2.45) is 0 Å². The fourth-order valence-electron chi connectivity index (χ4n) is 2.58. The number of likely N-dealkylation sites (tertiary alicyclic amines) is 1. The number of alkyl carbamates (subject to hydrolysis) is 1. The first-order valence-electron chi connectivity index (χ1n) is 6.96. The number of nitrogens with one attached hydrogen (secondary N) is 1. The van der Waals surface area contributed by atoms with Gasteiger partial charge in [0, 0.05) is 6.54 Å². The number of ether oxygens (including phenoxy) is 1. The molecule has 0 radical (unpaired) electrons. The van der Waals surface area contributed by atoms with E-state index >= 15 is 0 Å². The molecule has 0 saturated carbocycles. The van der Waals surface area contributed by atoms with Crippen LogP contribution in [0.2, 0.25) is 0 Å². The zero-order valence-corrected chi connectivity index (χ0v) is 13.0. The van der Waals surface area contributed by atoms with Crippen LogP contribution in [0.5, 0.6) is 0 Å². The fraction of sp³-hybridized carbons (Fsp3) is 0.917. The summed E-state index contributed by atoms with van der Waals surface area (Å²) in [6.07, 6.45) is 3.07. The van der Waals surface area contributed by atoms with Crippen molar-refractivity contribution < 1.29 is 17.9 Å². The van der Waals surface area contributed by atoms with E-state index in [1.807, 2.05) is 0 Å². The molecule has 2 atom stereocenters. The summed E-state index contributed by atoms with van der Waals surface area (Å²) in [6.45, 7) is 3.14. The standard InChI is InChI=1S/C12H21ClN2O4S/c13-10-8-20(17,18)9-11(10)14-12(16)19-7-6-15-4-2-1-3-5-15/h10-11H,1-9H2,(H,14,16)/t10-,11-/m0/s1. The Bertz CT molecular complexity index is 437. The van der Waals surface area contributed by atoms with Crippen molar-refractivity contribution in [2.45, 2.75) is 30.7 Å². The minimum absolute atomic E-state index is 0.0900. The van der Waals surface area contributed by atoms with Gasteiger partial charge >= 0.3 is 6.09 Å². The number of halogens is 1. The van der Waals surface area contributed by atoms with Crippen LogP contribution in [0.25, 0.3) is 0 Å². The van der Waals surface area contributed by atoms with Crippen molar-refractivity contribution in [3.63, 3.8) is 0 Å². The van der Waals surface area contributed by atoms with E-state index in [0.717, 1.165) is 19.6 Å². The lowest BCUT2D eigenvalue weighted by Crippen LogP contribution is -2.42. The Morgan fingerprint density at radius 2 is 1.95 bits per heavy atom. The summed E-state index contributed by atoms with van der Waals surface area (Å²) in [5, 5.41) is 1.96. The molecule has 0 bridgehead atoms. The molecule has 2 rings (SSSR count). The third kappa shape index (κ3) is 4.79. The van der Waals surface area contributed by atoms with Crippen LogP contribution in [0.15, 0.2) is 0 Å². The molecule has 20 heavy (non-hydrogen) atoms. The number of amides is 1. The number of sulfone groups is 1. The number of hydrogen-bond donors (Lipinski definition) is 1. The largest absolute Gasteiger partial charge is 0.448 e. The van der Waals surface area contributed by atoms with Gasteiger partial charge in [-0.1, -0.05) is 6.42 Å². The maximum atomic E-state index is 11.6. The summed E-state index contributed by atoms with van der Waals surface area (Å²) >= 11 is 5.90. The monoisotopic (exact) mass is 324 g/mol. The quantitative estimate of drug-likeness (QED) is 0.767. The number of nitrogens with zero attached hydrogens (tertiary/aromatic N) is 1. The molecule has 116 valence electrons. The van der Waals surface area contributed by atoms with E-state index in [2.05, 4.69) is 10.2 Å². The van der Waals surface area contributed by atoms with Crippen molar-refractivity contribution in [3.8, 4) is 0 Å². The van der Waals surface area contributed by atoms with Crippen LogP contribution in [0.4, 0.5) is 4.79 Å². The highest BCUT2D eigenvalue weighted by atomic mass is 35.5. The fourth-order valence-corrected chi connectivity index (χ4v) is 5.13. The van der Waals surface area contributed by atoms with E-state index in [1.54, 1.807) is 0 Å². The summed E-state index contributed by atoms with van der Waals surface area (Å²) in [4.78, 5) is 13.9. The van der Waals surface area contributed by atoms with Crippen LogP contribution >= 0.6 is 11.6 Å². The van der Waals surface area contributed by atoms with Crippen molar-refractivity contribution >= 4 is 27.5 Å². The third-order valence-electron chi connectivity index (χ3n) is 3.68. The molecule has 0 aliphatic carbocycles. The second kappa shape index (κ2) is 6.95. The first kappa shape index (κ1) is 15.9. The Kier molecular flexibility index (Phi) is 5.51. The van der Waals surface area contributed by atoms with Gasteiger partial charge in [-0.15, -0.1) is 11.6 Å². The SMILES string of the molecule is O=C(N[C@H]1CS(=O)(=O)C[C@@H]1Cl)OCCN1CCCCC1. The predicted octanol–water partition coefficient (Wildman–Crippen LogP) is 0.603. The first-order valence-corrected chi connectivity index (χ1v) is 9.22. The molecule has 2 saturated heterocycles. The molecular weight excluding hydrogens is 304 g/mol. The average molecular weight is 325 g/mol. The molecule has 2 aliphatic rings. The summed E-state index contributed by atoms with van der Waals surface area (Å²) in [5.41, 5.74) is 0. The first-order chi connectivity index (χ1) is 9.46.